The molecule has 2 aliphatic carbocycles. The van der Waals surface area contributed by atoms with Crippen LogP contribution in [0.2, 0.25) is 0 Å². The van der Waals surface area contributed by atoms with Crippen LogP contribution < -0.4 is 5.32 Å². The molecule has 1 saturated carbocycles. The monoisotopic (exact) mass is 377 g/mol. The largest absolute Gasteiger partial charge is 0.357 e. The van der Waals surface area contributed by atoms with Gasteiger partial charge in [-0.3, -0.25) is 9.59 Å². The number of fused-ring (bicyclic) bond motifs is 2. The molecular weight excluding hydrogens is 350 g/mol. The van der Waals surface area contributed by atoms with Crippen molar-refractivity contribution in [3.05, 3.63) is 59.4 Å². The molecule has 0 bridgehead atoms. The van der Waals surface area contributed by atoms with E-state index in [9.17, 15) is 9.59 Å². The van der Waals surface area contributed by atoms with Crippen molar-refractivity contribution in [1.29, 1.82) is 0 Å². The number of likely N-dealkylation sites (tertiary alicyclic amines) is 1. The number of hydrogen-bond donors (Lipinski definition) is 2. The van der Waals surface area contributed by atoms with Crippen LogP contribution in [0.15, 0.2) is 42.6 Å². The van der Waals surface area contributed by atoms with Crippen molar-refractivity contribution >= 4 is 11.8 Å². The number of benzene rings is 1. The summed E-state index contributed by atoms with van der Waals surface area (Å²) in [4.78, 5) is 30.5. The first-order valence-corrected chi connectivity index (χ1v) is 10.5. The first-order chi connectivity index (χ1) is 13.7. The molecule has 2 amide bonds. The Labute approximate surface area is 165 Å². The van der Waals surface area contributed by atoms with E-state index in [-0.39, 0.29) is 23.1 Å². The van der Waals surface area contributed by atoms with Gasteiger partial charge in [-0.25, -0.2) is 0 Å². The van der Waals surface area contributed by atoms with Crippen molar-refractivity contribution in [2.45, 2.75) is 43.4 Å². The number of rotatable bonds is 4. The van der Waals surface area contributed by atoms with E-state index in [0.29, 0.717) is 11.6 Å². The molecule has 5 nitrogen and oxygen atoms in total. The van der Waals surface area contributed by atoms with Crippen molar-refractivity contribution in [2.75, 3.05) is 19.6 Å². The number of H-pyrrole nitrogens is 1. The van der Waals surface area contributed by atoms with Gasteiger partial charge in [-0.15, -0.1) is 0 Å². The normalized spacial score (nSPS) is 22.9. The van der Waals surface area contributed by atoms with Crippen LogP contribution >= 0.6 is 0 Å². The summed E-state index contributed by atoms with van der Waals surface area (Å²) in [6.45, 7) is 2.30. The molecule has 5 heteroatoms. The molecule has 3 aliphatic rings. The Morgan fingerprint density at radius 1 is 1.11 bits per heavy atom. The molecule has 1 aliphatic heterocycles. The first kappa shape index (κ1) is 17.5. The summed E-state index contributed by atoms with van der Waals surface area (Å²) >= 11 is 0. The van der Waals surface area contributed by atoms with Gasteiger partial charge in [0.1, 0.15) is 5.69 Å². The van der Waals surface area contributed by atoms with Crippen LogP contribution in [0.25, 0.3) is 0 Å². The van der Waals surface area contributed by atoms with E-state index >= 15 is 0 Å². The quantitative estimate of drug-likeness (QED) is 0.859. The minimum atomic E-state index is -0.0550. The number of nitrogens with one attached hydrogen (secondary N) is 2. The lowest BCUT2D eigenvalue weighted by molar-refractivity contribution is -0.122. The lowest BCUT2D eigenvalue weighted by Crippen LogP contribution is -2.44. The average molecular weight is 377 g/mol. The van der Waals surface area contributed by atoms with E-state index in [1.165, 1.54) is 24.0 Å². The second-order valence-electron chi connectivity index (χ2n) is 8.69. The smallest absolute Gasteiger partial charge is 0.270 e. The summed E-state index contributed by atoms with van der Waals surface area (Å²) in [6, 6.07) is 12.1. The highest BCUT2D eigenvalue weighted by Gasteiger charge is 2.48. The van der Waals surface area contributed by atoms with Crippen molar-refractivity contribution in [3.63, 3.8) is 0 Å². The van der Waals surface area contributed by atoms with Crippen LogP contribution in [0.4, 0.5) is 0 Å². The lowest BCUT2D eigenvalue weighted by atomic mass is 9.73. The minimum absolute atomic E-state index is 0.0185. The zero-order chi connectivity index (χ0) is 19.1. The van der Waals surface area contributed by atoms with Crippen molar-refractivity contribution in [3.8, 4) is 0 Å². The molecule has 5 rings (SSSR count). The highest BCUT2D eigenvalue weighted by Crippen LogP contribution is 2.51. The summed E-state index contributed by atoms with van der Waals surface area (Å²) in [6.07, 6.45) is 6.99. The molecule has 1 unspecified atom stereocenters. The third kappa shape index (κ3) is 3.03. The lowest BCUT2D eigenvalue weighted by Gasteiger charge is -2.40. The first-order valence-electron chi connectivity index (χ1n) is 10.5. The van der Waals surface area contributed by atoms with Gasteiger partial charge in [0.2, 0.25) is 5.91 Å². The number of nitrogens with zero attached hydrogens (tertiary/aromatic N) is 1. The maximum absolute atomic E-state index is 12.9. The van der Waals surface area contributed by atoms with Crippen molar-refractivity contribution < 1.29 is 9.59 Å². The van der Waals surface area contributed by atoms with Gasteiger partial charge in [0, 0.05) is 31.2 Å². The highest BCUT2D eigenvalue weighted by atomic mass is 16.2. The molecule has 2 fully saturated rings. The zero-order valence-electron chi connectivity index (χ0n) is 16.1. The van der Waals surface area contributed by atoms with Gasteiger partial charge in [0.15, 0.2) is 0 Å². The van der Waals surface area contributed by atoms with Crippen LogP contribution in [0.5, 0.6) is 0 Å². The Balaban J connectivity index is 1.32. The number of hydrogen-bond acceptors (Lipinski definition) is 2. The summed E-state index contributed by atoms with van der Waals surface area (Å²) < 4.78 is 0. The van der Waals surface area contributed by atoms with E-state index in [0.717, 1.165) is 38.9 Å². The second-order valence-corrected chi connectivity index (χ2v) is 8.69. The van der Waals surface area contributed by atoms with E-state index in [2.05, 4.69) is 28.5 Å². The molecular formula is C23H27N3O2. The van der Waals surface area contributed by atoms with Crippen LogP contribution in [0.3, 0.4) is 0 Å². The van der Waals surface area contributed by atoms with Crippen LogP contribution in [0, 0.1) is 5.92 Å². The summed E-state index contributed by atoms with van der Waals surface area (Å²) in [5.41, 5.74) is 3.19. The fourth-order valence-corrected chi connectivity index (χ4v) is 5.06. The van der Waals surface area contributed by atoms with Gasteiger partial charge < -0.3 is 15.2 Å². The minimum Gasteiger partial charge on any atom is -0.357 e. The second kappa shape index (κ2) is 6.80. The summed E-state index contributed by atoms with van der Waals surface area (Å²) in [5, 5.41) is 3.19. The average Bonchev–Trinajstić information content (AvgIpc) is 3.29. The van der Waals surface area contributed by atoms with Gasteiger partial charge in [0.05, 0.1) is 5.92 Å². The Bertz CT molecular complexity index is 877. The van der Waals surface area contributed by atoms with Crippen LogP contribution in [0.1, 0.15) is 59.6 Å². The Kier molecular flexibility index (Phi) is 4.26. The topological polar surface area (TPSA) is 65.2 Å². The number of piperidine rings is 1. The number of carbonyl (C=O) groups is 2. The molecule has 0 radical (unpaired) electrons. The standard InChI is InChI=1S/C23H27N3O2/c27-21(25-15-16-7-8-16)18-14-23(19-5-2-1-4-17(18)19)9-12-26(13-10-23)22(28)20-6-3-11-24-20/h1-6,11,16,18,24H,7-10,12-15H2,(H,25,27). The van der Waals surface area contributed by atoms with E-state index < -0.39 is 0 Å². The maximum atomic E-state index is 12.9. The predicted octanol–water partition coefficient (Wildman–Crippen LogP) is 3.20. The van der Waals surface area contributed by atoms with E-state index in [4.69, 9.17) is 0 Å². The molecule has 2 aromatic rings. The maximum Gasteiger partial charge on any atom is 0.270 e. The number of amides is 2. The fraction of sp³-hybridized carbons (Fsp3) is 0.478. The van der Waals surface area contributed by atoms with Gasteiger partial charge in [0.25, 0.3) is 5.91 Å². The third-order valence-electron chi connectivity index (χ3n) is 6.92. The molecule has 2 N–H and O–H groups in total. The van der Waals surface area contributed by atoms with Gasteiger partial charge in [-0.05, 0) is 61.3 Å². The van der Waals surface area contributed by atoms with Gasteiger partial charge in [-0.1, -0.05) is 24.3 Å². The molecule has 146 valence electrons. The number of aromatic nitrogens is 1. The molecule has 28 heavy (non-hydrogen) atoms. The van der Waals surface area contributed by atoms with Gasteiger partial charge >= 0.3 is 0 Å². The fourth-order valence-electron chi connectivity index (χ4n) is 5.06. The Morgan fingerprint density at radius 3 is 2.61 bits per heavy atom. The molecule has 2 heterocycles. The Hall–Kier alpha value is -2.56. The summed E-state index contributed by atoms with van der Waals surface area (Å²) in [5.74, 6) is 0.892. The summed E-state index contributed by atoms with van der Waals surface area (Å²) in [7, 11) is 0. The van der Waals surface area contributed by atoms with E-state index in [1.54, 1.807) is 6.20 Å². The SMILES string of the molecule is O=C(NCC1CC1)C1CC2(CCN(C(=O)c3ccc[nH]3)CC2)c2ccccc21. The third-order valence-corrected chi connectivity index (χ3v) is 6.92. The van der Waals surface area contributed by atoms with Crippen LogP contribution in [-0.2, 0) is 10.2 Å². The van der Waals surface area contributed by atoms with Crippen molar-refractivity contribution in [1.82, 2.24) is 15.2 Å². The molecule has 1 spiro atoms. The zero-order valence-corrected chi connectivity index (χ0v) is 16.1. The molecule has 1 aromatic carbocycles. The molecule has 1 saturated heterocycles. The van der Waals surface area contributed by atoms with Crippen LogP contribution in [-0.4, -0.2) is 41.3 Å². The Morgan fingerprint density at radius 2 is 1.89 bits per heavy atom. The van der Waals surface area contributed by atoms with Crippen molar-refractivity contribution in [2.24, 2.45) is 5.92 Å². The molecule has 1 atom stereocenters. The molecule has 1 aromatic heterocycles. The van der Waals surface area contributed by atoms with Gasteiger partial charge in [-0.2, -0.15) is 0 Å². The predicted molar refractivity (Wildman–Crippen MR) is 107 cm³/mol. The number of carbonyl (C=O) groups excluding carboxylic acids is 2. The number of aromatic amines is 1. The highest BCUT2D eigenvalue weighted by molar-refractivity contribution is 5.92. The van der Waals surface area contributed by atoms with E-state index in [1.807, 2.05) is 23.1 Å².